The van der Waals surface area contributed by atoms with E-state index in [1.807, 2.05) is 24.3 Å². The SMILES string of the molecule is O=C1CCN(C(c2ccccc2)(c2ccccc2)c2ccccc2)CC1=Cc1ccon1. The molecule has 1 aliphatic rings. The van der Waals surface area contributed by atoms with Crippen LogP contribution in [-0.4, -0.2) is 28.9 Å². The van der Waals surface area contributed by atoms with E-state index in [1.165, 1.54) is 23.0 Å². The number of benzene rings is 3. The molecule has 3 aromatic carbocycles. The maximum absolute atomic E-state index is 12.8. The zero-order chi connectivity index (χ0) is 21.8. The molecule has 1 aliphatic heterocycles. The van der Waals surface area contributed by atoms with Crippen LogP contribution in [0.3, 0.4) is 0 Å². The van der Waals surface area contributed by atoms with Gasteiger partial charge in [0.2, 0.25) is 0 Å². The zero-order valence-corrected chi connectivity index (χ0v) is 17.7. The van der Waals surface area contributed by atoms with Gasteiger partial charge in [0.15, 0.2) is 5.78 Å². The maximum atomic E-state index is 12.8. The van der Waals surface area contributed by atoms with Gasteiger partial charge in [0.1, 0.15) is 12.0 Å². The van der Waals surface area contributed by atoms with Crippen LogP contribution in [0, 0.1) is 0 Å². The lowest BCUT2D eigenvalue weighted by atomic mass is 9.74. The van der Waals surface area contributed by atoms with E-state index in [9.17, 15) is 4.79 Å². The van der Waals surface area contributed by atoms with Gasteiger partial charge >= 0.3 is 0 Å². The first-order chi connectivity index (χ1) is 15.8. The molecule has 4 aromatic rings. The zero-order valence-electron chi connectivity index (χ0n) is 17.7. The molecule has 1 saturated heterocycles. The minimum atomic E-state index is -0.534. The fraction of sp³-hybridized carbons (Fsp3) is 0.143. The minimum absolute atomic E-state index is 0.160. The Bertz CT molecular complexity index is 1100. The monoisotopic (exact) mass is 420 g/mol. The summed E-state index contributed by atoms with van der Waals surface area (Å²) in [6.45, 7) is 1.18. The van der Waals surface area contributed by atoms with Crippen LogP contribution in [0.2, 0.25) is 0 Å². The molecule has 158 valence electrons. The molecule has 32 heavy (non-hydrogen) atoms. The average molecular weight is 421 g/mol. The second kappa shape index (κ2) is 8.77. The van der Waals surface area contributed by atoms with Crippen LogP contribution < -0.4 is 0 Å². The summed E-state index contributed by atoms with van der Waals surface area (Å²) >= 11 is 0. The van der Waals surface area contributed by atoms with Gasteiger partial charge in [-0.1, -0.05) is 96.2 Å². The van der Waals surface area contributed by atoms with Crippen molar-refractivity contribution < 1.29 is 9.32 Å². The number of ketones is 1. The van der Waals surface area contributed by atoms with Gasteiger partial charge in [0.25, 0.3) is 0 Å². The molecule has 0 bridgehead atoms. The van der Waals surface area contributed by atoms with E-state index in [2.05, 4.69) is 82.9 Å². The Hall–Kier alpha value is -3.76. The standard InChI is InChI=1S/C28H24N2O2/c31-27-16-18-30(21-22(27)20-26-17-19-32-29-26)28(23-10-4-1-5-11-23,24-12-6-2-7-13-24)25-14-8-3-9-15-25/h1-15,17,19-20H,16,18,21H2. The number of aromatic nitrogens is 1. The molecule has 0 saturated carbocycles. The number of carbonyl (C=O) groups excluding carboxylic acids is 1. The van der Waals surface area contributed by atoms with Crippen LogP contribution in [0.1, 0.15) is 28.8 Å². The number of piperidine rings is 1. The van der Waals surface area contributed by atoms with Crippen LogP contribution >= 0.6 is 0 Å². The quantitative estimate of drug-likeness (QED) is 0.324. The normalized spacial score (nSPS) is 16.4. The Morgan fingerprint density at radius 3 is 1.78 bits per heavy atom. The van der Waals surface area contributed by atoms with Gasteiger partial charge in [-0.05, 0) is 22.8 Å². The highest BCUT2D eigenvalue weighted by Gasteiger charge is 2.44. The molecule has 1 fully saturated rings. The Balaban J connectivity index is 1.72. The van der Waals surface area contributed by atoms with Crippen molar-refractivity contribution in [2.24, 2.45) is 0 Å². The molecule has 0 atom stereocenters. The largest absolute Gasteiger partial charge is 0.364 e. The summed E-state index contributed by atoms with van der Waals surface area (Å²) in [4.78, 5) is 15.3. The van der Waals surface area contributed by atoms with Gasteiger partial charge in [-0.2, -0.15) is 0 Å². The van der Waals surface area contributed by atoms with Crippen molar-refractivity contribution in [1.29, 1.82) is 0 Å². The molecule has 0 aliphatic carbocycles. The lowest BCUT2D eigenvalue weighted by Crippen LogP contribution is -2.52. The third kappa shape index (κ3) is 3.59. The molecule has 0 spiro atoms. The molecular weight excluding hydrogens is 396 g/mol. The number of Topliss-reactive ketones (excluding diaryl/α,β-unsaturated/α-hetero) is 1. The summed E-state index contributed by atoms with van der Waals surface area (Å²) in [5.74, 6) is 0.160. The molecule has 4 heteroatoms. The number of nitrogens with zero attached hydrogens (tertiary/aromatic N) is 2. The second-order valence-corrected chi connectivity index (χ2v) is 8.00. The van der Waals surface area contributed by atoms with Crippen LogP contribution in [0.15, 0.2) is 113 Å². The Morgan fingerprint density at radius 1 is 0.781 bits per heavy atom. The fourth-order valence-corrected chi connectivity index (χ4v) is 4.74. The predicted molar refractivity (Wildman–Crippen MR) is 125 cm³/mol. The Labute approximate surface area is 187 Å². The van der Waals surface area contributed by atoms with Gasteiger partial charge in [-0.25, -0.2) is 0 Å². The van der Waals surface area contributed by atoms with Crippen LogP contribution in [0.4, 0.5) is 0 Å². The number of likely N-dealkylation sites (tertiary alicyclic amines) is 1. The summed E-state index contributed by atoms with van der Waals surface area (Å²) in [6, 6.07) is 33.5. The first-order valence-corrected chi connectivity index (χ1v) is 10.8. The fourth-order valence-electron chi connectivity index (χ4n) is 4.74. The highest BCUT2D eigenvalue weighted by molar-refractivity contribution is 6.00. The third-order valence-corrected chi connectivity index (χ3v) is 6.16. The van der Waals surface area contributed by atoms with E-state index >= 15 is 0 Å². The van der Waals surface area contributed by atoms with Crippen molar-refractivity contribution >= 4 is 11.9 Å². The highest BCUT2D eigenvalue weighted by atomic mass is 16.5. The van der Waals surface area contributed by atoms with E-state index in [1.54, 1.807) is 6.07 Å². The van der Waals surface area contributed by atoms with Crippen LogP contribution in [-0.2, 0) is 10.3 Å². The van der Waals surface area contributed by atoms with E-state index in [0.717, 1.165) is 5.57 Å². The first-order valence-electron chi connectivity index (χ1n) is 10.8. The van der Waals surface area contributed by atoms with Crippen molar-refractivity contribution in [3.8, 4) is 0 Å². The third-order valence-electron chi connectivity index (χ3n) is 6.16. The lowest BCUT2D eigenvalue weighted by molar-refractivity contribution is -0.117. The van der Waals surface area contributed by atoms with Gasteiger partial charge in [0, 0.05) is 31.1 Å². The molecule has 5 rings (SSSR count). The van der Waals surface area contributed by atoms with Gasteiger partial charge in [-0.15, -0.1) is 0 Å². The molecular formula is C28H24N2O2. The summed E-state index contributed by atoms with van der Waals surface area (Å²) in [7, 11) is 0. The first kappa shape index (κ1) is 20.2. The molecule has 1 aromatic heterocycles. The van der Waals surface area contributed by atoms with E-state index < -0.39 is 5.54 Å². The summed E-state index contributed by atoms with van der Waals surface area (Å²) in [5.41, 5.74) is 4.40. The van der Waals surface area contributed by atoms with Crippen molar-refractivity contribution in [3.05, 3.63) is 131 Å². The highest BCUT2D eigenvalue weighted by Crippen LogP contribution is 2.43. The Kier molecular flexibility index (Phi) is 5.53. The molecule has 2 heterocycles. The lowest BCUT2D eigenvalue weighted by Gasteiger charge is -2.47. The number of hydrogen-bond donors (Lipinski definition) is 0. The minimum Gasteiger partial charge on any atom is -0.364 e. The molecule has 0 radical (unpaired) electrons. The Morgan fingerprint density at radius 2 is 1.31 bits per heavy atom. The van der Waals surface area contributed by atoms with Gasteiger partial charge in [0.05, 0.1) is 5.54 Å². The van der Waals surface area contributed by atoms with E-state index in [-0.39, 0.29) is 5.78 Å². The smallest absolute Gasteiger partial charge is 0.161 e. The summed E-state index contributed by atoms with van der Waals surface area (Å²) in [6.07, 6.45) is 3.83. The molecule has 0 unspecified atom stereocenters. The van der Waals surface area contributed by atoms with Crippen LogP contribution in [0.5, 0.6) is 0 Å². The number of carbonyl (C=O) groups is 1. The van der Waals surface area contributed by atoms with Crippen molar-refractivity contribution in [2.45, 2.75) is 12.0 Å². The number of rotatable bonds is 5. The van der Waals surface area contributed by atoms with Crippen molar-refractivity contribution in [2.75, 3.05) is 13.1 Å². The van der Waals surface area contributed by atoms with E-state index in [4.69, 9.17) is 4.52 Å². The summed E-state index contributed by atoms with van der Waals surface area (Å²) < 4.78 is 4.97. The predicted octanol–water partition coefficient (Wildman–Crippen LogP) is 5.32. The van der Waals surface area contributed by atoms with Gasteiger partial charge in [-0.3, -0.25) is 9.69 Å². The average Bonchev–Trinajstić information content (AvgIpc) is 3.37. The topological polar surface area (TPSA) is 46.3 Å². The molecule has 4 nitrogen and oxygen atoms in total. The van der Waals surface area contributed by atoms with Crippen molar-refractivity contribution in [1.82, 2.24) is 10.1 Å². The van der Waals surface area contributed by atoms with Gasteiger partial charge < -0.3 is 4.52 Å². The second-order valence-electron chi connectivity index (χ2n) is 8.00. The van der Waals surface area contributed by atoms with E-state index in [0.29, 0.717) is 25.2 Å². The summed E-state index contributed by atoms with van der Waals surface area (Å²) in [5, 5.41) is 3.98. The maximum Gasteiger partial charge on any atom is 0.161 e. The molecule has 0 amide bonds. The van der Waals surface area contributed by atoms with Crippen LogP contribution in [0.25, 0.3) is 6.08 Å². The van der Waals surface area contributed by atoms with Crippen molar-refractivity contribution in [3.63, 3.8) is 0 Å². The molecule has 0 N–H and O–H groups in total. The number of hydrogen-bond acceptors (Lipinski definition) is 4.